The van der Waals surface area contributed by atoms with Crippen molar-refractivity contribution in [1.29, 1.82) is 0 Å². The van der Waals surface area contributed by atoms with Crippen LogP contribution < -0.4 is 5.14 Å². The molecule has 0 saturated carbocycles. The zero-order chi connectivity index (χ0) is 19.1. The van der Waals surface area contributed by atoms with Gasteiger partial charge >= 0.3 is 0 Å². The number of rotatable bonds is 4. The maximum absolute atomic E-state index is 14.2. The molecule has 1 aromatic heterocycles. The number of benzene rings is 2. The number of halogens is 3. The van der Waals surface area contributed by atoms with E-state index < -0.39 is 32.9 Å². The third kappa shape index (κ3) is 3.35. The molecule has 0 amide bonds. The zero-order valence-electron chi connectivity index (χ0n) is 13.4. The number of alkyl halides is 2. The van der Waals surface area contributed by atoms with Crippen LogP contribution in [0.2, 0.25) is 0 Å². The van der Waals surface area contributed by atoms with Crippen molar-refractivity contribution in [3.05, 3.63) is 59.6 Å². The summed E-state index contributed by atoms with van der Waals surface area (Å²) in [6, 6.07) is 9.82. The number of hydrogen-bond donors (Lipinski definition) is 1. The third-order valence-electron chi connectivity index (χ3n) is 3.74. The number of hydrogen-bond acceptors (Lipinski definition) is 4. The lowest BCUT2D eigenvalue weighted by Gasteiger charge is -2.07. The highest BCUT2D eigenvalue weighted by Gasteiger charge is 2.27. The first-order valence-electron chi connectivity index (χ1n) is 7.36. The number of nitrogens with zero attached hydrogens (tertiary/aromatic N) is 1. The Bertz CT molecular complexity index is 1080. The van der Waals surface area contributed by atoms with Crippen molar-refractivity contribution in [2.24, 2.45) is 5.14 Å². The standard InChI is InChI=1S/C17H13F3N2O3S/c1-9-3-2-4-11(7-9)15-14(16(17(19)20)25-22-15)10-5-6-13(12(18)8-10)26(21,23)24/h2-8,17H,1H3,(H2,21,23,24). The lowest BCUT2D eigenvalue weighted by atomic mass is 9.98. The van der Waals surface area contributed by atoms with E-state index in [1.165, 1.54) is 6.07 Å². The normalized spacial score (nSPS) is 11.9. The number of aryl methyl sites for hydroxylation is 1. The highest BCUT2D eigenvalue weighted by molar-refractivity contribution is 7.89. The van der Waals surface area contributed by atoms with E-state index in [4.69, 9.17) is 9.66 Å². The monoisotopic (exact) mass is 382 g/mol. The molecule has 0 aliphatic rings. The van der Waals surface area contributed by atoms with Crippen LogP contribution in [0.1, 0.15) is 17.7 Å². The van der Waals surface area contributed by atoms with Crippen molar-refractivity contribution in [3.8, 4) is 22.4 Å². The summed E-state index contributed by atoms with van der Waals surface area (Å²) >= 11 is 0. The summed E-state index contributed by atoms with van der Waals surface area (Å²) in [5.74, 6) is -1.88. The molecule has 1 heterocycles. The van der Waals surface area contributed by atoms with Gasteiger partial charge in [-0.15, -0.1) is 0 Å². The average molecular weight is 382 g/mol. The van der Waals surface area contributed by atoms with E-state index in [1.807, 2.05) is 13.0 Å². The molecule has 5 nitrogen and oxygen atoms in total. The van der Waals surface area contributed by atoms with Gasteiger partial charge in [0.05, 0.1) is 5.56 Å². The van der Waals surface area contributed by atoms with Gasteiger partial charge in [-0.05, 0) is 30.7 Å². The van der Waals surface area contributed by atoms with E-state index in [2.05, 4.69) is 5.16 Å². The Morgan fingerprint density at radius 2 is 1.85 bits per heavy atom. The predicted octanol–water partition coefficient (Wildman–Crippen LogP) is 4.04. The summed E-state index contributed by atoms with van der Waals surface area (Å²) in [6.07, 6.45) is -2.99. The first-order valence-corrected chi connectivity index (χ1v) is 8.90. The van der Waals surface area contributed by atoms with Crippen LogP contribution in [-0.2, 0) is 10.0 Å². The van der Waals surface area contributed by atoms with E-state index in [0.29, 0.717) is 5.56 Å². The maximum Gasteiger partial charge on any atom is 0.298 e. The average Bonchev–Trinajstić information content (AvgIpc) is 2.98. The Balaban J connectivity index is 2.24. The Kier molecular flexibility index (Phi) is 4.59. The molecule has 0 bridgehead atoms. The highest BCUT2D eigenvalue weighted by Crippen LogP contribution is 2.39. The number of primary sulfonamides is 1. The molecule has 0 unspecified atom stereocenters. The van der Waals surface area contributed by atoms with Crippen molar-refractivity contribution < 1.29 is 26.1 Å². The van der Waals surface area contributed by atoms with E-state index in [9.17, 15) is 21.6 Å². The van der Waals surface area contributed by atoms with E-state index >= 15 is 0 Å². The minimum absolute atomic E-state index is 0.00274. The van der Waals surface area contributed by atoms with E-state index in [1.54, 1.807) is 18.2 Å². The number of sulfonamides is 1. The fourth-order valence-corrected chi connectivity index (χ4v) is 3.20. The zero-order valence-corrected chi connectivity index (χ0v) is 14.2. The number of nitrogens with two attached hydrogens (primary N) is 1. The van der Waals surface area contributed by atoms with Crippen LogP contribution in [-0.4, -0.2) is 13.6 Å². The smallest absolute Gasteiger partial charge is 0.298 e. The van der Waals surface area contributed by atoms with Gasteiger partial charge in [0.25, 0.3) is 6.43 Å². The van der Waals surface area contributed by atoms with Crippen molar-refractivity contribution >= 4 is 10.0 Å². The lowest BCUT2D eigenvalue weighted by molar-refractivity contribution is 0.113. The van der Waals surface area contributed by atoms with Crippen molar-refractivity contribution in [3.63, 3.8) is 0 Å². The second kappa shape index (κ2) is 6.58. The van der Waals surface area contributed by atoms with Crippen LogP contribution >= 0.6 is 0 Å². The first kappa shape index (κ1) is 18.2. The molecule has 0 aliphatic carbocycles. The van der Waals surface area contributed by atoms with Crippen LogP contribution in [0, 0.1) is 12.7 Å². The summed E-state index contributed by atoms with van der Waals surface area (Å²) in [4.78, 5) is -0.728. The summed E-state index contributed by atoms with van der Waals surface area (Å²) in [5.41, 5.74) is 1.37. The van der Waals surface area contributed by atoms with Crippen LogP contribution in [0.5, 0.6) is 0 Å². The predicted molar refractivity (Wildman–Crippen MR) is 88.4 cm³/mol. The third-order valence-corrected chi connectivity index (χ3v) is 4.68. The topological polar surface area (TPSA) is 86.2 Å². The minimum Gasteiger partial charge on any atom is -0.354 e. The molecular weight excluding hydrogens is 369 g/mol. The van der Waals surface area contributed by atoms with Gasteiger partial charge in [0.1, 0.15) is 16.4 Å². The van der Waals surface area contributed by atoms with Gasteiger partial charge in [0.15, 0.2) is 0 Å². The van der Waals surface area contributed by atoms with Crippen molar-refractivity contribution in [2.45, 2.75) is 18.2 Å². The van der Waals surface area contributed by atoms with Gasteiger partial charge in [0.2, 0.25) is 15.8 Å². The Hall–Kier alpha value is -2.65. The Morgan fingerprint density at radius 3 is 2.42 bits per heavy atom. The van der Waals surface area contributed by atoms with E-state index in [0.717, 1.165) is 17.7 Å². The van der Waals surface area contributed by atoms with Gasteiger partial charge in [-0.25, -0.2) is 26.7 Å². The molecule has 2 aromatic carbocycles. The summed E-state index contributed by atoms with van der Waals surface area (Å²) in [7, 11) is -4.28. The molecule has 2 N–H and O–H groups in total. The molecule has 0 radical (unpaired) electrons. The summed E-state index contributed by atoms with van der Waals surface area (Å²) in [6.45, 7) is 1.82. The SMILES string of the molecule is Cc1cccc(-c2noc(C(F)F)c2-c2ccc(S(N)(=O)=O)c(F)c2)c1. The quantitative estimate of drug-likeness (QED) is 0.738. The molecule has 0 saturated heterocycles. The Morgan fingerprint density at radius 1 is 1.12 bits per heavy atom. The fourth-order valence-electron chi connectivity index (χ4n) is 2.61. The lowest BCUT2D eigenvalue weighted by Crippen LogP contribution is -2.14. The molecular formula is C17H13F3N2O3S. The molecule has 0 atom stereocenters. The summed E-state index contributed by atoms with van der Waals surface area (Å²) in [5, 5.41) is 8.63. The van der Waals surface area contributed by atoms with Gasteiger partial charge < -0.3 is 4.52 Å². The van der Waals surface area contributed by atoms with Crippen molar-refractivity contribution in [2.75, 3.05) is 0 Å². The van der Waals surface area contributed by atoms with Crippen LogP contribution in [0.3, 0.4) is 0 Å². The van der Waals surface area contributed by atoms with E-state index in [-0.39, 0.29) is 16.8 Å². The van der Waals surface area contributed by atoms with Crippen LogP contribution in [0.15, 0.2) is 51.9 Å². The second-order valence-corrected chi connectivity index (χ2v) is 7.16. The minimum atomic E-state index is -4.28. The fraction of sp³-hybridized carbons (Fsp3) is 0.118. The molecule has 0 spiro atoms. The Labute approximate surface area is 147 Å². The van der Waals surface area contributed by atoms with Gasteiger partial charge in [-0.2, -0.15) is 0 Å². The van der Waals surface area contributed by atoms with Gasteiger partial charge in [-0.1, -0.05) is 35.0 Å². The van der Waals surface area contributed by atoms with Crippen molar-refractivity contribution in [1.82, 2.24) is 5.16 Å². The number of aromatic nitrogens is 1. The largest absolute Gasteiger partial charge is 0.354 e. The molecule has 136 valence electrons. The molecule has 3 aromatic rings. The maximum atomic E-state index is 14.2. The molecule has 9 heteroatoms. The van der Waals surface area contributed by atoms with Gasteiger partial charge in [0, 0.05) is 5.56 Å². The molecule has 3 rings (SSSR count). The first-order chi connectivity index (χ1) is 12.2. The highest BCUT2D eigenvalue weighted by atomic mass is 32.2. The van der Waals surface area contributed by atoms with Gasteiger partial charge in [-0.3, -0.25) is 0 Å². The van der Waals surface area contributed by atoms with Crippen LogP contribution in [0.25, 0.3) is 22.4 Å². The summed E-state index contributed by atoms with van der Waals surface area (Å²) < 4.78 is 68.3. The molecule has 0 aliphatic heterocycles. The molecule has 0 fully saturated rings. The second-order valence-electron chi connectivity index (χ2n) is 5.63. The van der Waals surface area contributed by atoms with Crippen LogP contribution in [0.4, 0.5) is 13.2 Å². The molecule has 26 heavy (non-hydrogen) atoms.